The number of halogens is 1. The van der Waals surface area contributed by atoms with Crippen LogP contribution in [0.5, 0.6) is 0 Å². The maximum Gasteiger partial charge on any atom is 0.307 e. The van der Waals surface area contributed by atoms with Crippen molar-refractivity contribution in [3.05, 3.63) is 40.6 Å². The zero-order valence-corrected chi connectivity index (χ0v) is 13.2. The first-order valence-corrected chi connectivity index (χ1v) is 7.25. The molecule has 0 aliphatic heterocycles. The van der Waals surface area contributed by atoms with Gasteiger partial charge in [0, 0.05) is 5.56 Å². The summed E-state index contributed by atoms with van der Waals surface area (Å²) in [5.41, 5.74) is 7.40. The summed E-state index contributed by atoms with van der Waals surface area (Å²) in [5, 5.41) is 16.6. The Hall–Kier alpha value is -2.81. The molecule has 0 fully saturated rings. The summed E-state index contributed by atoms with van der Waals surface area (Å²) in [6.45, 7) is 0. The number of aromatic nitrogens is 4. The quantitative estimate of drug-likeness (QED) is 0.709. The number of aliphatic carboxylic acids is 1. The average molecular weight is 376 g/mol. The molecule has 2 aromatic heterocycles. The number of nitrogens with zero attached hydrogens (tertiary/aromatic N) is 4. The van der Waals surface area contributed by atoms with Crippen LogP contribution in [0.3, 0.4) is 0 Å². The minimum absolute atomic E-state index is 0.0421. The van der Waals surface area contributed by atoms with E-state index in [0.717, 1.165) is 0 Å². The molecule has 0 radical (unpaired) electrons. The molecule has 3 N–H and O–H groups in total. The lowest BCUT2D eigenvalue weighted by molar-refractivity contribution is -0.136. The fourth-order valence-electron chi connectivity index (χ4n) is 1.91. The van der Waals surface area contributed by atoms with E-state index < -0.39 is 5.97 Å². The summed E-state index contributed by atoms with van der Waals surface area (Å²) in [7, 11) is 0. The zero-order chi connectivity index (χ0) is 16.4. The van der Waals surface area contributed by atoms with Crippen molar-refractivity contribution < 1.29 is 14.3 Å². The van der Waals surface area contributed by atoms with E-state index in [-0.39, 0.29) is 24.0 Å². The standard InChI is InChI=1S/C14H10BrN5O3/c15-9-6-17-12(16)11(18-9)14-20-19-13(23-14)8-3-1-7(2-4-8)5-10(21)22/h1-4,6H,5H2,(H2,16,17)(H,21,22). The number of hydrogen-bond donors (Lipinski definition) is 2. The number of anilines is 1. The molecule has 8 nitrogen and oxygen atoms in total. The fourth-order valence-corrected chi connectivity index (χ4v) is 2.19. The highest BCUT2D eigenvalue weighted by Crippen LogP contribution is 2.26. The van der Waals surface area contributed by atoms with E-state index in [9.17, 15) is 4.79 Å². The van der Waals surface area contributed by atoms with Crippen LogP contribution < -0.4 is 5.73 Å². The van der Waals surface area contributed by atoms with Gasteiger partial charge in [0.25, 0.3) is 5.89 Å². The van der Waals surface area contributed by atoms with Crippen molar-refractivity contribution in [3.8, 4) is 23.0 Å². The third kappa shape index (κ3) is 3.34. The molecular formula is C14H10BrN5O3. The largest absolute Gasteiger partial charge is 0.481 e. The first-order valence-electron chi connectivity index (χ1n) is 6.46. The molecule has 0 spiro atoms. The predicted octanol–water partition coefficient (Wildman–Crippen LogP) is 2.17. The molecule has 23 heavy (non-hydrogen) atoms. The van der Waals surface area contributed by atoms with Gasteiger partial charge in [0.1, 0.15) is 4.60 Å². The van der Waals surface area contributed by atoms with Crippen LogP contribution >= 0.6 is 15.9 Å². The van der Waals surface area contributed by atoms with E-state index >= 15 is 0 Å². The van der Waals surface area contributed by atoms with Gasteiger partial charge in [-0.1, -0.05) is 12.1 Å². The van der Waals surface area contributed by atoms with Gasteiger partial charge in [-0.15, -0.1) is 10.2 Å². The van der Waals surface area contributed by atoms with E-state index in [4.69, 9.17) is 15.3 Å². The highest BCUT2D eigenvalue weighted by Gasteiger charge is 2.15. The Kier molecular flexibility index (Phi) is 4.02. The number of nitrogen functional groups attached to an aromatic ring is 1. The van der Waals surface area contributed by atoms with Gasteiger partial charge >= 0.3 is 5.97 Å². The Labute approximate surface area is 138 Å². The van der Waals surface area contributed by atoms with Crippen molar-refractivity contribution in [2.24, 2.45) is 0 Å². The van der Waals surface area contributed by atoms with Gasteiger partial charge in [-0.25, -0.2) is 9.97 Å². The molecule has 2 heterocycles. The lowest BCUT2D eigenvalue weighted by atomic mass is 10.1. The van der Waals surface area contributed by atoms with Crippen LogP contribution in [0.25, 0.3) is 23.0 Å². The zero-order valence-electron chi connectivity index (χ0n) is 11.6. The molecule has 0 bridgehead atoms. The molecule has 0 unspecified atom stereocenters. The lowest BCUT2D eigenvalue weighted by Gasteiger charge is -2.00. The molecule has 3 rings (SSSR count). The highest BCUT2D eigenvalue weighted by molar-refractivity contribution is 9.10. The SMILES string of the molecule is Nc1ncc(Br)nc1-c1nnc(-c2ccc(CC(=O)O)cc2)o1. The normalized spacial score (nSPS) is 10.7. The van der Waals surface area contributed by atoms with Gasteiger partial charge in [0.15, 0.2) is 11.5 Å². The minimum atomic E-state index is -0.887. The smallest absolute Gasteiger partial charge is 0.307 e. The predicted molar refractivity (Wildman–Crippen MR) is 84.2 cm³/mol. The molecular weight excluding hydrogens is 366 g/mol. The fraction of sp³-hybridized carbons (Fsp3) is 0.0714. The number of carbonyl (C=O) groups is 1. The Morgan fingerprint density at radius 2 is 1.91 bits per heavy atom. The van der Waals surface area contributed by atoms with Gasteiger partial charge in [-0.3, -0.25) is 4.79 Å². The summed E-state index contributed by atoms with van der Waals surface area (Å²) >= 11 is 3.21. The summed E-state index contributed by atoms with van der Waals surface area (Å²) in [6, 6.07) is 6.82. The third-order valence-corrected chi connectivity index (χ3v) is 3.34. The van der Waals surface area contributed by atoms with Crippen LogP contribution in [0.2, 0.25) is 0 Å². The van der Waals surface area contributed by atoms with Crippen LogP contribution in [-0.4, -0.2) is 31.2 Å². The Morgan fingerprint density at radius 3 is 2.61 bits per heavy atom. The Balaban J connectivity index is 1.89. The van der Waals surface area contributed by atoms with Crippen LogP contribution in [0.1, 0.15) is 5.56 Å². The maximum absolute atomic E-state index is 10.7. The van der Waals surface area contributed by atoms with Crippen LogP contribution in [0, 0.1) is 0 Å². The molecule has 0 amide bonds. The maximum atomic E-state index is 10.7. The summed E-state index contributed by atoms with van der Waals surface area (Å²) in [5.74, 6) is -0.273. The second kappa shape index (κ2) is 6.13. The Bertz CT molecular complexity index is 863. The molecule has 0 atom stereocenters. The molecule has 0 aliphatic carbocycles. The molecule has 9 heteroatoms. The van der Waals surface area contributed by atoms with Crippen molar-refractivity contribution >= 4 is 27.7 Å². The van der Waals surface area contributed by atoms with Gasteiger partial charge in [0.2, 0.25) is 5.89 Å². The number of carboxylic acid groups (broad SMARTS) is 1. The lowest BCUT2D eigenvalue weighted by Crippen LogP contribution is -1.99. The highest BCUT2D eigenvalue weighted by atomic mass is 79.9. The van der Waals surface area contributed by atoms with Crippen LogP contribution in [0.15, 0.2) is 39.5 Å². The number of benzene rings is 1. The third-order valence-electron chi connectivity index (χ3n) is 2.96. The molecule has 3 aromatic rings. The van der Waals surface area contributed by atoms with E-state index in [1.165, 1.54) is 6.20 Å². The first-order chi connectivity index (χ1) is 11.0. The minimum Gasteiger partial charge on any atom is -0.481 e. The van der Waals surface area contributed by atoms with E-state index in [2.05, 4.69) is 36.1 Å². The van der Waals surface area contributed by atoms with Gasteiger partial charge in [-0.05, 0) is 33.6 Å². The topological polar surface area (TPSA) is 128 Å². The van der Waals surface area contributed by atoms with Crippen molar-refractivity contribution in [1.29, 1.82) is 0 Å². The van der Waals surface area contributed by atoms with Crippen LogP contribution in [-0.2, 0) is 11.2 Å². The van der Waals surface area contributed by atoms with Crippen molar-refractivity contribution in [2.75, 3.05) is 5.73 Å². The second-order valence-corrected chi connectivity index (χ2v) is 5.42. The molecule has 1 aromatic carbocycles. The van der Waals surface area contributed by atoms with Crippen molar-refractivity contribution in [2.45, 2.75) is 6.42 Å². The second-order valence-electron chi connectivity index (χ2n) is 4.61. The number of hydrogen-bond acceptors (Lipinski definition) is 7. The summed E-state index contributed by atoms with van der Waals surface area (Å²) in [6.07, 6.45) is 1.43. The number of rotatable bonds is 4. The molecule has 116 valence electrons. The van der Waals surface area contributed by atoms with Crippen molar-refractivity contribution in [1.82, 2.24) is 20.2 Å². The van der Waals surface area contributed by atoms with Gasteiger partial charge in [-0.2, -0.15) is 0 Å². The van der Waals surface area contributed by atoms with Gasteiger partial charge in [0.05, 0.1) is 12.6 Å². The summed E-state index contributed by atoms with van der Waals surface area (Å²) < 4.78 is 6.07. The van der Waals surface area contributed by atoms with Crippen LogP contribution in [0.4, 0.5) is 5.82 Å². The summed E-state index contributed by atoms with van der Waals surface area (Å²) in [4.78, 5) is 18.8. The number of carboxylic acids is 1. The van der Waals surface area contributed by atoms with E-state index in [0.29, 0.717) is 21.4 Å². The molecule has 0 saturated heterocycles. The molecule has 0 saturated carbocycles. The van der Waals surface area contributed by atoms with Gasteiger partial charge < -0.3 is 15.3 Å². The number of nitrogens with two attached hydrogens (primary N) is 1. The van der Waals surface area contributed by atoms with E-state index in [1.807, 2.05) is 0 Å². The molecule has 0 aliphatic rings. The monoisotopic (exact) mass is 375 g/mol. The Morgan fingerprint density at radius 1 is 1.22 bits per heavy atom. The van der Waals surface area contributed by atoms with E-state index in [1.54, 1.807) is 24.3 Å². The van der Waals surface area contributed by atoms with Crippen molar-refractivity contribution in [3.63, 3.8) is 0 Å². The first kappa shape index (κ1) is 15.1. The average Bonchev–Trinajstić information content (AvgIpc) is 2.99.